The number of aromatic hydroxyl groups is 6. The second-order valence-electron chi connectivity index (χ2n) is 29.0. The Balaban J connectivity index is 0.730. The van der Waals surface area contributed by atoms with Gasteiger partial charge in [0.15, 0.2) is 52.7 Å². The van der Waals surface area contributed by atoms with Crippen molar-refractivity contribution in [2.45, 2.75) is 190 Å². The molecular formula is C78H91O44+. The Morgan fingerprint density at radius 2 is 0.697 bits per heavy atom. The molecule has 6 fully saturated rings. The van der Waals surface area contributed by atoms with Crippen molar-refractivity contribution in [2.24, 2.45) is 0 Å². The molecule has 0 spiro atoms. The number of ether oxygens (including phenoxy) is 16. The first-order valence-electron chi connectivity index (χ1n) is 37.6. The zero-order valence-corrected chi connectivity index (χ0v) is 63.3. The van der Waals surface area contributed by atoms with Crippen molar-refractivity contribution in [3.05, 3.63) is 143 Å². The zero-order chi connectivity index (χ0) is 88.0. The van der Waals surface area contributed by atoms with E-state index in [0.717, 1.165) is 66.8 Å². The second kappa shape index (κ2) is 39.8. The fraction of sp³-hybridized carbons (Fsp3) is 0.474. The molecule has 26 N–H and O–H groups in total. The van der Waals surface area contributed by atoms with Crippen LogP contribution in [0.3, 0.4) is 0 Å². The number of hydrogen-bond acceptors (Lipinski definition) is 43. The van der Waals surface area contributed by atoms with Crippen LogP contribution in [0.1, 0.15) is 33.9 Å². The Morgan fingerprint density at radius 1 is 0.336 bits per heavy atom. The van der Waals surface area contributed by atoms with Crippen molar-refractivity contribution in [1.82, 2.24) is 0 Å². The largest absolute Gasteiger partial charge is 0.571 e. The number of rotatable bonds is 28. The standard InChI is InChI=1S/C78H90O44/c79-23-45-54(90)60(96)66(102)74(116-45)112-41-21-34(83)20-40-35(41)22-44(71(110-40)32-7-9-33(82)10-8-32)115-78-72(122-77-70(106)64(100)58(94)49(120-77)27-108-53(89)16-6-31-2-12-37(85)43(19-31)114-76-68(104)62(98)56(92)47(25-81)118-76)65(101)59(95)50(121-78)28-109-51(87)14-4-29-3-13-39(38(86)17-29)111-73-69(105)63(99)57(93)48(119-73)26-107-52(88)15-5-30-1-11-36(84)42(18-30)113-75-67(103)61(97)55(91)46(24-80)117-75/h1-22,45-50,54-86,90-106H,23-28H2/p+1. The quantitative estimate of drug-likeness (QED) is 0.00957. The molecule has 44 heteroatoms. The summed E-state index contributed by atoms with van der Waals surface area (Å²) >= 11 is 0. The Morgan fingerprint density at radius 3 is 1.12 bits per heavy atom. The molecule has 0 radical (unpaired) electrons. The third kappa shape index (κ3) is 20.8. The SMILES string of the molecule is O=C(C=Cc1ccc(O)c(OC2OC(CO)C(O)C(O)C2O)c1)OCC1OC(Oc2ccc(C=CC(=O)OCC3OC(OC4=Cc5c(OC6OC(CO)C(O)C(O)C6O)cc(O)cc5[OH+]C4c4ccc(O)cc4)C(OC4OC(COC(=O)C=Cc5ccc(O)c(OC6OC(CO)C(O)C(O)C6O)c5)C(O)C(O)C4O)C(O)C3O)cc2O)C(O)C(O)C1O. The number of benzene rings is 5. The first-order valence-corrected chi connectivity index (χ1v) is 37.6. The van der Waals surface area contributed by atoms with Gasteiger partial charge >= 0.3 is 17.9 Å². The summed E-state index contributed by atoms with van der Waals surface area (Å²) in [7, 11) is 0. The van der Waals surface area contributed by atoms with Gasteiger partial charge in [0.2, 0.25) is 31.5 Å². The predicted octanol–water partition coefficient (Wildman–Crippen LogP) is -7.30. The van der Waals surface area contributed by atoms with E-state index in [4.69, 9.17) is 75.8 Å². The highest BCUT2D eigenvalue weighted by Gasteiger charge is 2.55. The van der Waals surface area contributed by atoms with E-state index in [-0.39, 0.29) is 62.3 Å². The number of aliphatic hydroxyl groups is 21. The van der Waals surface area contributed by atoms with E-state index in [1.165, 1.54) is 66.7 Å². The minimum Gasteiger partial charge on any atom is -0.571 e. The molecule has 0 saturated carbocycles. The summed E-state index contributed by atoms with van der Waals surface area (Å²) in [6.07, 6.45) is -50.4. The normalized spacial score (nSPS) is 35.4. The van der Waals surface area contributed by atoms with Crippen molar-refractivity contribution in [3.63, 3.8) is 0 Å². The van der Waals surface area contributed by atoms with E-state index in [2.05, 4.69) is 0 Å². The Bertz CT molecular complexity index is 4520. The van der Waals surface area contributed by atoms with Gasteiger partial charge in [-0.1, -0.05) is 18.2 Å². The molecule has 666 valence electrons. The number of aliphatic hydroxyl groups excluding tert-OH is 20. The summed E-state index contributed by atoms with van der Waals surface area (Å²) in [6.45, 7) is -5.05. The fourth-order valence-corrected chi connectivity index (χ4v) is 13.6. The van der Waals surface area contributed by atoms with Gasteiger partial charge in [-0.05, 0) is 95.6 Å². The second-order valence-corrected chi connectivity index (χ2v) is 29.0. The number of carbonyl (C=O) groups excluding carboxylic acids is 3. The molecule has 0 amide bonds. The summed E-state index contributed by atoms with van der Waals surface area (Å²) in [5, 5.41) is 267. The Kier molecular flexibility index (Phi) is 29.8. The van der Waals surface area contributed by atoms with Crippen molar-refractivity contribution < 1.29 is 218 Å². The van der Waals surface area contributed by atoms with E-state index in [0.29, 0.717) is 0 Å². The number of hydrogen-bond donors (Lipinski definition) is 25. The van der Waals surface area contributed by atoms with Crippen LogP contribution in [0.15, 0.2) is 115 Å². The van der Waals surface area contributed by atoms with Gasteiger partial charge in [0.25, 0.3) is 11.9 Å². The highest BCUT2D eigenvalue weighted by Crippen LogP contribution is 2.48. The van der Waals surface area contributed by atoms with Crippen LogP contribution in [0.4, 0.5) is 0 Å². The molecule has 122 heavy (non-hydrogen) atoms. The van der Waals surface area contributed by atoms with Gasteiger partial charge in [-0.15, -0.1) is 0 Å². The lowest BCUT2D eigenvalue weighted by atomic mass is 9.97. The highest BCUT2D eigenvalue weighted by molar-refractivity contribution is 5.88. The molecule has 7 aliphatic rings. The fourth-order valence-electron chi connectivity index (χ4n) is 13.6. The van der Waals surface area contributed by atoms with E-state index in [9.17, 15) is 142 Å². The molecule has 0 aliphatic carbocycles. The van der Waals surface area contributed by atoms with Crippen LogP contribution in [0.2, 0.25) is 0 Å². The third-order valence-electron chi connectivity index (χ3n) is 20.5. The molecule has 7 heterocycles. The van der Waals surface area contributed by atoms with Gasteiger partial charge in [0, 0.05) is 30.4 Å². The molecule has 0 bridgehead atoms. The molecular weight excluding hydrogens is 1640 g/mol. The van der Waals surface area contributed by atoms with Gasteiger partial charge in [-0.2, -0.15) is 0 Å². The molecule has 12 rings (SSSR count). The summed E-state index contributed by atoms with van der Waals surface area (Å²) in [4.78, 5) is 39.8. The Labute approximate surface area is 688 Å². The number of fused-ring (bicyclic) bond motifs is 1. The van der Waals surface area contributed by atoms with Crippen LogP contribution < -0.4 is 18.9 Å². The highest BCUT2D eigenvalue weighted by atomic mass is 16.8. The smallest absolute Gasteiger partial charge is 0.330 e. The molecule has 7 aliphatic heterocycles. The van der Waals surface area contributed by atoms with Crippen LogP contribution in [-0.4, -0.2) is 374 Å². The number of phenols is 5. The Hall–Kier alpha value is -9.81. The van der Waals surface area contributed by atoms with Gasteiger partial charge in [0.1, 0.15) is 183 Å². The first-order chi connectivity index (χ1) is 58.1. The van der Waals surface area contributed by atoms with Gasteiger partial charge in [-0.25, -0.2) is 14.4 Å². The number of phenolic OH excluding ortho intramolecular Hbond substituents is 5. The lowest BCUT2D eigenvalue weighted by Gasteiger charge is -2.46. The third-order valence-corrected chi connectivity index (χ3v) is 20.5. The van der Waals surface area contributed by atoms with Crippen LogP contribution in [0, 0.1) is 0 Å². The minimum atomic E-state index is -2.29. The average molecular weight is 1730 g/mol. The van der Waals surface area contributed by atoms with Crippen molar-refractivity contribution in [3.8, 4) is 57.5 Å². The van der Waals surface area contributed by atoms with Crippen molar-refractivity contribution in [1.29, 1.82) is 0 Å². The molecule has 6 saturated heterocycles. The monoisotopic (exact) mass is 1730 g/mol. The maximum Gasteiger partial charge on any atom is 0.330 e. The molecule has 44 nitrogen and oxygen atoms in total. The molecule has 31 atom stereocenters. The van der Waals surface area contributed by atoms with Crippen LogP contribution in [0.5, 0.6) is 57.5 Å². The minimum absolute atomic E-state index is 0.0648. The van der Waals surface area contributed by atoms with Crippen LogP contribution in [0.25, 0.3) is 24.3 Å². The van der Waals surface area contributed by atoms with E-state index in [1.807, 2.05) is 0 Å². The molecule has 5 aromatic rings. The van der Waals surface area contributed by atoms with E-state index in [1.54, 1.807) is 0 Å². The number of esters is 3. The summed E-state index contributed by atoms with van der Waals surface area (Å²) < 4.78 is 90.2. The maximum atomic E-state index is 13.6. The lowest BCUT2D eigenvalue weighted by Crippen LogP contribution is -2.64. The molecule has 5 aromatic carbocycles. The predicted molar refractivity (Wildman–Crippen MR) is 397 cm³/mol. The summed E-state index contributed by atoms with van der Waals surface area (Å²) in [5.74, 6) is -7.57. The van der Waals surface area contributed by atoms with E-state index < -0.39 is 277 Å². The topological polar surface area (TPSA) is 708 Å². The van der Waals surface area contributed by atoms with Crippen LogP contribution >= 0.6 is 0 Å². The van der Waals surface area contributed by atoms with Crippen LogP contribution in [-0.2, 0) is 66.5 Å². The molecule has 31 unspecified atom stereocenters. The summed E-state index contributed by atoms with van der Waals surface area (Å²) in [6, 6.07) is 18.2. The zero-order valence-electron chi connectivity index (χ0n) is 63.3. The van der Waals surface area contributed by atoms with Gasteiger partial charge in [0.05, 0.1) is 31.5 Å². The van der Waals surface area contributed by atoms with Gasteiger partial charge < -0.3 is 203 Å². The lowest BCUT2D eigenvalue weighted by molar-refractivity contribution is -0.364. The van der Waals surface area contributed by atoms with Crippen molar-refractivity contribution >= 4 is 42.2 Å². The maximum absolute atomic E-state index is 13.6. The molecule has 0 aromatic heterocycles. The van der Waals surface area contributed by atoms with Crippen molar-refractivity contribution in [2.75, 3.05) is 39.6 Å². The first kappa shape index (κ1) is 91.4. The average Bonchev–Trinajstić information content (AvgIpc) is 0.764. The number of carbonyl (C=O) groups is 3. The van der Waals surface area contributed by atoms with Gasteiger partial charge in [-0.3, -0.25) is 0 Å². The van der Waals surface area contributed by atoms with E-state index >= 15 is 0 Å². The summed E-state index contributed by atoms with van der Waals surface area (Å²) in [5.41, 5.74) is 0.524.